The summed E-state index contributed by atoms with van der Waals surface area (Å²) in [5.74, 6) is -0.202. The number of H-pyrrole nitrogens is 1. The molecule has 0 atom stereocenters. The summed E-state index contributed by atoms with van der Waals surface area (Å²) in [6, 6.07) is 4.48. The summed E-state index contributed by atoms with van der Waals surface area (Å²) >= 11 is 0. The van der Waals surface area contributed by atoms with E-state index in [0.29, 0.717) is 28.1 Å². The molecular formula is C11H9FN6. The third kappa shape index (κ3) is 1.45. The SMILES string of the molecule is Nc1ccc(-c2[nH]nc3ncnc(N)c23)cc1F. The number of benzene rings is 1. The van der Waals surface area contributed by atoms with Gasteiger partial charge in [-0.25, -0.2) is 14.4 Å². The van der Waals surface area contributed by atoms with Crippen molar-refractivity contribution < 1.29 is 4.39 Å². The van der Waals surface area contributed by atoms with Crippen molar-refractivity contribution in [1.29, 1.82) is 0 Å². The predicted octanol–water partition coefficient (Wildman–Crippen LogP) is 1.32. The number of fused-ring (bicyclic) bond motifs is 1. The first-order valence-electron chi connectivity index (χ1n) is 5.17. The lowest BCUT2D eigenvalue weighted by Gasteiger charge is -2.02. The Kier molecular flexibility index (Phi) is 2.12. The highest BCUT2D eigenvalue weighted by Crippen LogP contribution is 2.29. The van der Waals surface area contributed by atoms with Crippen LogP contribution in [0.3, 0.4) is 0 Å². The lowest BCUT2D eigenvalue weighted by Crippen LogP contribution is -1.94. The van der Waals surface area contributed by atoms with Crippen molar-refractivity contribution in [1.82, 2.24) is 20.2 Å². The van der Waals surface area contributed by atoms with Gasteiger partial charge in [0.25, 0.3) is 0 Å². The van der Waals surface area contributed by atoms with Gasteiger partial charge in [-0.15, -0.1) is 0 Å². The predicted molar refractivity (Wildman–Crippen MR) is 65.9 cm³/mol. The van der Waals surface area contributed by atoms with E-state index in [9.17, 15) is 4.39 Å². The maximum atomic E-state index is 13.4. The lowest BCUT2D eigenvalue weighted by molar-refractivity contribution is 0.633. The maximum absolute atomic E-state index is 13.4. The zero-order chi connectivity index (χ0) is 12.7. The van der Waals surface area contributed by atoms with Crippen molar-refractivity contribution >= 4 is 22.5 Å². The summed E-state index contributed by atoms with van der Waals surface area (Å²) in [6.45, 7) is 0. The van der Waals surface area contributed by atoms with Crippen LogP contribution in [-0.4, -0.2) is 20.2 Å². The molecule has 0 aliphatic carbocycles. The van der Waals surface area contributed by atoms with Gasteiger partial charge >= 0.3 is 0 Å². The number of aromatic amines is 1. The first-order chi connectivity index (χ1) is 8.66. The number of nitrogens with one attached hydrogen (secondary N) is 1. The number of nitrogens with two attached hydrogens (primary N) is 2. The van der Waals surface area contributed by atoms with Crippen molar-refractivity contribution in [3.05, 3.63) is 30.3 Å². The molecule has 0 spiro atoms. The fraction of sp³-hybridized carbons (Fsp3) is 0. The minimum atomic E-state index is -0.495. The number of halogens is 1. The minimum absolute atomic E-state index is 0.0896. The normalized spacial score (nSPS) is 10.9. The molecule has 0 saturated heterocycles. The van der Waals surface area contributed by atoms with Crippen LogP contribution >= 0.6 is 0 Å². The maximum Gasteiger partial charge on any atom is 0.186 e. The van der Waals surface area contributed by atoms with Crippen LogP contribution in [0, 0.1) is 5.82 Å². The second-order valence-electron chi connectivity index (χ2n) is 3.79. The first-order valence-corrected chi connectivity index (χ1v) is 5.17. The van der Waals surface area contributed by atoms with Crippen molar-refractivity contribution in [3.8, 4) is 11.3 Å². The molecule has 0 fully saturated rings. The molecule has 2 aromatic heterocycles. The second-order valence-corrected chi connectivity index (χ2v) is 3.79. The molecule has 0 bridgehead atoms. The Morgan fingerprint density at radius 1 is 1.17 bits per heavy atom. The zero-order valence-corrected chi connectivity index (χ0v) is 9.18. The van der Waals surface area contributed by atoms with Gasteiger partial charge in [-0.3, -0.25) is 5.10 Å². The van der Waals surface area contributed by atoms with Gasteiger partial charge in [0.2, 0.25) is 0 Å². The fourth-order valence-electron chi connectivity index (χ4n) is 1.77. The van der Waals surface area contributed by atoms with Crippen LogP contribution in [0.2, 0.25) is 0 Å². The molecule has 0 amide bonds. The van der Waals surface area contributed by atoms with Crippen molar-refractivity contribution in [2.24, 2.45) is 0 Å². The highest BCUT2D eigenvalue weighted by Gasteiger charge is 2.13. The van der Waals surface area contributed by atoms with Gasteiger partial charge in [0, 0.05) is 5.56 Å². The molecule has 1 aromatic carbocycles. The Labute approximate surface area is 101 Å². The van der Waals surface area contributed by atoms with Gasteiger partial charge in [0.15, 0.2) is 5.65 Å². The van der Waals surface area contributed by atoms with Gasteiger partial charge in [0.1, 0.15) is 18.0 Å². The highest BCUT2D eigenvalue weighted by molar-refractivity contribution is 5.97. The Morgan fingerprint density at radius 2 is 2.00 bits per heavy atom. The molecule has 2 heterocycles. The van der Waals surface area contributed by atoms with Crippen molar-refractivity contribution in [3.63, 3.8) is 0 Å². The molecule has 3 rings (SSSR count). The topological polar surface area (TPSA) is 106 Å². The summed E-state index contributed by atoms with van der Waals surface area (Å²) in [7, 11) is 0. The minimum Gasteiger partial charge on any atom is -0.396 e. The van der Waals surface area contributed by atoms with Gasteiger partial charge in [-0.1, -0.05) is 6.07 Å². The van der Waals surface area contributed by atoms with E-state index < -0.39 is 5.82 Å². The molecule has 18 heavy (non-hydrogen) atoms. The van der Waals surface area contributed by atoms with E-state index in [1.807, 2.05) is 0 Å². The number of aromatic nitrogens is 4. The third-order valence-electron chi connectivity index (χ3n) is 2.67. The average molecular weight is 244 g/mol. The van der Waals surface area contributed by atoms with Crippen molar-refractivity contribution in [2.45, 2.75) is 0 Å². The molecule has 7 heteroatoms. The Balaban J connectivity index is 2.28. The molecule has 0 aliphatic heterocycles. The largest absolute Gasteiger partial charge is 0.396 e. The number of anilines is 2. The van der Waals surface area contributed by atoms with E-state index in [1.165, 1.54) is 18.5 Å². The van der Waals surface area contributed by atoms with Crippen molar-refractivity contribution in [2.75, 3.05) is 11.5 Å². The highest BCUT2D eigenvalue weighted by atomic mass is 19.1. The number of hydrogen-bond acceptors (Lipinski definition) is 5. The van der Waals surface area contributed by atoms with E-state index in [4.69, 9.17) is 11.5 Å². The van der Waals surface area contributed by atoms with E-state index in [-0.39, 0.29) is 5.69 Å². The monoisotopic (exact) mass is 244 g/mol. The first kappa shape index (κ1) is 10.5. The van der Waals surface area contributed by atoms with E-state index in [1.54, 1.807) is 6.07 Å². The molecule has 6 nitrogen and oxygen atoms in total. The number of rotatable bonds is 1. The summed E-state index contributed by atoms with van der Waals surface area (Å²) in [4.78, 5) is 7.87. The van der Waals surface area contributed by atoms with E-state index in [0.717, 1.165) is 0 Å². The smallest absolute Gasteiger partial charge is 0.186 e. The third-order valence-corrected chi connectivity index (χ3v) is 2.67. The van der Waals surface area contributed by atoms with Gasteiger partial charge in [-0.2, -0.15) is 5.10 Å². The van der Waals surface area contributed by atoms with Crippen LogP contribution < -0.4 is 11.5 Å². The molecule has 5 N–H and O–H groups in total. The Hall–Kier alpha value is -2.70. The van der Waals surface area contributed by atoms with Crippen LogP contribution in [0.4, 0.5) is 15.9 Å². The summed E-state index contributed by atoms with van der Waals surface area (Å²) < 4.78 is 13.4. The molecule has 0 aliphatic rings. The number of nitrogens with zero attached hydrogens (tertiary/aromatic N) is 3. The molecule has 0 saturated carbocycles. The molecule has 90 valence electrons. The van der Waals surface area contributed by atoms with E-state index in [2.05, 4.69) is 20.2 Å². The molecule has 0 radical (unpaired) electrons. The van der Waals surface area contributed by atoms with Crippen LogP contribution in [-0.2, 0) is 0 Å². The Bertz CT molecular complexity index is 735. The summed E-state index contributed by atoms with van der Waals surface area (Å²) in [6.07, 6.45) is 1.33. The van der Waals surface area contributed by atoms with Gasteiger partial charge in [-0.05, 0) is 12.1 Å². The van der Waals surface area contributed by atoms with Crippen LogP contribution in [0.1, 0.15) is 0 Å². The van der Waals surface area contributed by atoms with Crippen LogP contribution in [0.5, 0.6) is 0 Å². The number of nitrogen functional groups attached to an aromatic ring is 2. The van der Waals surface area contributed by atoms with E-state index >= 15 is 0 Å². The quantitative estimate of drug-likeness (QED) is 0.560. The van der Waals surface area contributed by atoms with Crippen LogP contribution in [0.25, 0.3) is 22.3 Å². The number of hydrogen-bond donors (Lipinski definition) is 3. The molecule has 3 aromatic rings. The molecule has 0 unspecified atom stereocenters. The Morgan fingerprint density at radius 3 is 2.78 bits per heavy atom. The zero-order valence-electron chi connectivity index (χ0n) is 9.18. The summed E-state index contributed by atoms with van der Waals surface area (Å²) in [5, 5.41) is 7.35. The lowest BCUT2D eigenvalue weighted by atomic mass is 10.1. The summed E-state index contributed by atoms with van der Waals surface area (Å²) in [5.41, 5.74) is 12.9. The van der Waals surface area contributed by atoms with Crippen LogP contribution in [0.15, 0.2) is 24.5 Å². The van der Waals surface area contributed by atoms with Gasteiger partial charge in [0.05, 0.1) is 16.8 Å². The second kappa shape index (κ2) is 3.66. The standard InChI is InChI=1S/C11H9FN6/c12-6-3-5(1-2-7(6)13)9-8-10(14)15-4-16-11(8)18-17-9/h1-4H,13H2,(H3,14,15,16,17,18). The fourth-order valence-corrected chi connectivity index (χ4v) is 1.77. The molecular weight excluding hydrogens is 235 g/mol. The van der Waals surface area contributed by atoms with Gasteiger partial charge < -0.3 is 11.5 Å². The average Bonchev–Trinajstić information content (AvgIpc) is 2.78.